The van der Waals surface area contributed by atoms with Crippen molar-refractivity contribution in [2.24, 2.45) is 0 Å². The second kappa shape index (κ2) is 6.58. The van der Waals surface area contributed by atoms with Crippen LogP contribution in [0.1, 0.15) is 42.4 Å². The fraction of sp³-hybridized carbons (Fsp3) is 0.333. The smallest absolute Gasteiger partial charge is 0.245 e. The molecule has 1 aliphatic heterocycles. The van der Waals surface area contributed by atoms with E-state index < -0.39 is 0 Å². The molecule has 8 nitrogen and oxygen atoms in total. The van der Waals surface area contributed by atoms with Gasteiger partial charge in [-0.15, -0.1) is 5.10 Å². The van der Waals surface area contributed by atoms with Crippen LogP contribution in [0.3, 0.4) is 0 Å². The molecule has 0 spiro atoms. The lowest BCUT2D eigenvalue weighted by Crippen LogP contribution is -2.23. The van der Waals surface area contributed by atoms with Crippen LogP contribution in [-0.4, -0.2) is 42.9 Å². The molecule has 4 aromatic rings. The zero-order valence-corrected chi connectivity index (χ0v) is 16.0. The van der Waals surface area contributed by atoms with Gasteiger partial charge in [0.25, 0.3) is 0 Å². The van der Waals surface area contributed by atoms with Crippen molar-refractivity contribution in [3.05, 3.63) is 60.2 Å². The quantitative estimate of drug-likeness (QED) is 0.546. The minimum Gasteiger partial charge on any atom is -0.339 e. The number of rotatable bonds is 5. The standard InChI is InChI=1S/C21H22N8/c1-3-15(12-22-8-1)16-7-10-28(13-16)21-24-20(18-4-2-9-29(18)27-21)23-19-11-17(25-26-19)14-5-6-14/h1-4,8-9,11-12,14,16H,5-7,10,13H2,(H2,23,24,25,26,27). The molecule has 6 rings (SSSR count). The number of hydrogen-bond acceptors (Lipinski definition) is 6. The minimum atomic E-state index is 0.455. The van der Waals surface area contributed by atoms with Crippen LogP contribution >= 0.6 is 0 Å². The molecule has 2 aliphatic rings. The lowest BCUT2D eigenvalue weighted by atomic mass is 10.0. The molecule has 0 radical (unpaired) electrons. The summed E-state index contributed by atoms with van der Waals surface area (Å²) in [5.41, 5.74) is 3.42. The maximum atomic E-state index is 4.86. The number of pyridine rings is 1. The summed E-state index contributed by atoms with van der Waals surface area (Å²) in [5, 5.41) is 15.7. The molecule has 1 unspecified atom stereocenters. The normalized spacial score (nSPS) is 19.2. The third-order valence-electron chi connectivity index (χ3n) is 5.87. The van der Waals surface area contributed by atoms with E-state index in [4.69, 9.17) is 10.1 Å². The van der Waals surface area contributed by atoms with Gasteiger partial charge in [0.1, 0.15) is 5.52 Å². The Morgan fingerprint density at radius 1 is 1.10 bits per heavy atom. The van der Waals surface area contributed by atoms with Crippen molar-refractivity contribution >= 4 is 23.1 Å². The zero-order chi connectivity index (χ0) is 19.2. The fourth-order valence-electron chi connectivity index (χ4n) is 4.11. The van der Waals surface area contributed by atoms with Gasteiger partial charge in [0.05, 0.1) is 0 Å². The number of H-pyrrole nitrogens is 1. The number of fused-ring (bicyclic) bond motifs is 1. The molecule has 29 heavy (non-hydrogen) atoms. The number of hydrogen-bond donors (Lipinski definition) is 2. The molecule has 146 valence electrons. The van der Waals surface area contributed by atoms with Gasteiger partial charge in [-0.3, -0.25) is 10.1 Å². The highest BCUT2D eigenvalue weighted by atomic mass is 15.4. The van der Waals surface area contributed by atoms with Crippen LogP contribution in [-0.2, 0) is 0 Å². The molecule has 4 aromatic heterocycles. The van der Waals surface area contributed by atoms with Crippen molar-refractivity contribution in [2.45, 2.75) is 31.1 Å². The monoisotopic (exact) mass is 386 g/mol. The van der Waals surface area contributed by atoms with E-state index in [-0.39, 0.29) is 0 Å². The van der Waals surface area contributed by atoms with E-state index in [9.17, 15) is 0 Å². The summed E-state index contributed by atoms with van der Waals surface area (Å²) in [6, 6.07) is 10.2. The van der Waals surface area contributed by atoms with Crippen molar-refractivity contribution in [3.63, 3.8) is 0 Å². The van der Waals surface area contributed by atoms with Crippen LogP contribution in [0.4, 0.5) is 17.6 Å². The molecule has 0 amide bonds. The topological polar surface area (TPSA) is 87.0 Å². The molecular formula is C21H22N8. The Kier molecular flexibility index (Phi) is 3.75. The molecular weight excluding hydrogens is 364 g/mol. The maximum Gasteiger partial charge on any atom is 0.245 e. The number of nitrogens with one attached hydrogen (secondary N) is 2. The predicted molar refractivity (Wildman–Crippen MR) is 111 cm³/mol. The van der Waals surface area contributed by atoms with Gasteiger partial charge in [-0.2, -0.15) is 10.1 Å². The summed E-state index contributed by atoms with van der Waals surface area (Å²) in [4.78, 5) is 11.4. The summed E-state index contributed by atoms with van der Waals surface area (Å²) in [6.45, 7) is 1.83. The van der Waals surface area contributed by atoms with Crippen LogP contribution in [0, 0.1) is 0 Å². The first-order valence-electron chi connectivity index (χ1n) is 10.2. The summed E-state index contributed by atoms with van der Waals surface area (Å²) < 4.78 is 1.89. The molecule has 1 atom stereocenters. The van der Waals surface area contributed by atoms with E-state index >= 15 is 0 Å². The fourth-order valence-corrected chi connectivity index (χ4v) is 4.11. The van der Waals surface area contributed by atoms with Crippen molar-refractivity contribution in [1.82, 2.24) is 29.8 Å². The third kappa shape index (κ3) is 3.10. The molecule has 2 fully saturated rings. The van der Waals surface area contributed by atoms with Crippen molar-refractivity contribution in [2.75, 3.05) is 23.3 Å². The Hall–Kier alpha value is -3.42. The minimum absolute atomic E-state index is 0.455. The van der Waals surface area contributed by atoms with Gasteiger partial charge in [-0.25, -0.2) is 4.52 Å². The van der Waals surface area contributed by atoms with E-state index in [1.54, 1.807) is 0 Å². The highest BCUT2D eigenvalue weighted by molar-refractivity contribution is 5.73. The van der Waals surface area contributed by atoms with E-state index in [1.165, 1.54) is 24.1 Å². The first-order valence-corrected chi connectivity index (χ1v) is 10.2. The third-order valence-corrected chi connectivity index (χ3v) is 5.87. The van der Waals surface area contributed by atoms with Gasteiger partial charge in [0, 0.05) is 55.3 Å². The highest BCUT2D eigenvalue weighted by Gasteiger charge is 2.27. The Bertz CT molecular complexity index is 1140. The van der Waals surface area contributed by atoms with Crippen LogP contribution in [0.2, 0.25) is 0 Å². The van der Waals surface area contributed by atoms with E-state index in [1.807, 2.05) is 41.3 Å². The molecule has 0 bridgehead atoms. The number of aromatic amines is 1. The Morgan fingerprint density at radius 3 is 2.93 bits per heavy atom. The summed E-state index contributed by atoms with van der Waals surface area (Å²) in [6.07, 6.45) is 9.31. The number of aromatic nitrogens is 6. The average Bonchev–Trinajstić information content (AvgIpc) is 3.14. The highest BCUT2D eigenvalue weighted by Crippen LogP contribution is 2.39. The van der Waals surface area contributed by atoms with Crippen LogP contribution in [0.5, 0.6) is 0 Å². The SMILES string of the molecule is c1cncc(C2CCN(c3nc(Nc4cc(C5CC5)[nH]n4)c4cccn4n3)C2)c1. The maximum absolute atomic E-state index is 4.86. The van der Waals surface area contributed by atoms with Gasteiger partial charge in [0.2, 0.25) is 5.95 Å². The molecule has 5 heterocycles. The number of nitrogens with zero attached hydrogens (tertiary/aromatic N) is 6. The van der Waals surface area contributed by atoms with Gasteiger partial charge >= 0.3 is 0 Å². The molecule has 0 aromatic carbocycles. The Morgan fingerprint density at radius 2 is 2.07 bits per heavy atom. The van der Waals surface area contributed by atoms with Crippen molar-refractivity contribution in [1.29, 1.82) is 0 Å². The van der Waals surface area contributed by atoms with E-state index in [2.05, 4.69) is 37.5 Å². The van der Waals surface area contributed by atoms with Crippen molar-refractivity contribution in [3.8, 4) is 0 Å². The molecule has 1 aliphatic carbocycles. The van der Waals surface area contributed by atoms with E-state index in [0.717, 1.165) is 42.6 Å². The second-order valence-electron chi connectivity index (χ2n) is 7.92. The molecule has 1 saturated carbocycles. The predicted octanol–water partition coefficient (Wildman–Crippen LogP) is 3.46. The zero-order valence-electron chi connectivity index (χ0n) is 16.0. The first-order chi connectivity index (χ1) is 14.3. The van der Waals surface area contributed by atoms with E-state index in [0.29, 0.717) is 11.8 Å². The van der Waals surface area contributed by atoms with Gasteiger partial charge in [-0.05, 0) is 43.0 Å². The summed E-state index contributed by atoms with van der Waals surface area (Å²) >= 11 is 0. The second-order valence-corrected chi connectivity index (χ2v) is 7.92. The lowest BCUT2D eigenvalue weighted by molar-refractivity contribution is 0.764. The average molecular weight is 386 g/mol. The summed E-state index contributed by atoms with van der Waals surface area (Å²) in [5.74, 6) is 3.41. The molecule has 1 saturated heterocycles. The van der Waals surface area contributed by atoms with Gasteiger partial charge in [-0.1, -0.05) is 6.07 Å². The first kappa shape index (κ1) is 16.5. The number of anilines is 3. The largest absolute Gasteiger partial charge is 0.339 e. The van der Waals surface area contributed by atoms with Gasteiger partial charge in [0.15, 0.2) is 11.6 Å². The van der Waals surface area contributed by atoms with Gasteiger partial charge < -0.3 is 10.2 Å². The summed E-state index contributed by atoms with van der Waals surface area (Å²) in [7, 11) is 0. The van der Waals surface area contributed by atoms with Crippen LogP contribution < -0.4 is 10.2 Å². The molecule has 8 heteroatoms. The van der Waals surface area contributed by atoms with Crippen LogP contribution in [0.25, 0.3) is 5.52 Å². The lowest BCUT2D eigenvalue weighted by Gasteiger charge is -2.18. The van der Waals surface area contributed by atoms with Crippen molar-refractivity contribution < 1.29 is 0 Å². The Balaban J connectivity index is 1.29. The molecule has 2 N–H and O–H groups in total. The van der Waals surface area contributed by atoms with Crippen LogP contribution in [0.15, 0.2) is 48.9 Å². The Labute approximate surface area is 168 Å².